The Labute approximate surface area is 144 Å². The molecule has 3 rings (SSSR count). The summed E-state index contributed by atoms with van der Waals surface area (Å²) in [4.78, 5) is 28.8. The second-order valence-corrected chi connectivity index (χ2v) is 5.95. The number of nitrogens with zero attached hydrogens (tertiary/aromatic N) is 3. The first-order valence-electron chi connectivity index (χ1n) is 8.29. The number of amides is 1. The van der Waals surface area contributed by atoms with E-state index in [0.29, 0.717) is 11.1 Å². The monoisotopic (exact) mass is 340 g/mol. The van der Waals surface area contributed by atoms with Gasteiger partial charge in [0.25, 0.3) is 11.3 Å². The van der Waals surface area contributed by atoms with Gasteiger partial charge in [-0.2, -0.15) is 0 Å². The Morgan fingerprint density at radius 2 is 2.08 bits per heavy atom. The second-order valence-electron chi connectivity index (χ2n) is 5.95. The molecule has 1 unspecified atom stereocenters. The Morgan fingerprint density at radius 1 is 1.32 bits per heavy atom. The summed E-state index contributed by atoms with van der Waals surface area (Å²) >= 11 is 0. The van der Waals surface area contributed by atoms with Crippen molar-refractivity contribution < 1.29 is 9.32 Å². The number of carbonyl (C=O) groups is 1. The predicted octanol–water partition coefficient (Wildman–Crippen LogP) is 2.36. The van der Waals surface area contributed by atoms with E-state index in [-0.39, 0.29) is 36.2 Å². The Balaban J connectivity index is 1.87. The summed E-state index contributed by atoms with van der Waals surface area (Å²) < 4.78 is 6.60. The van der Waals surface area contributed by atoms with Gasteiger partial charge in [0.2, 0.25) is 5.91 Å². The van der Waals surface area contributed by atoms with Gasteiger partial charge in [-0.05, 0) is 13.3 Å². The van der Waals surface area contributed by atoms with E-state index in [1.807, 2.05) is 44.2 Å². The molecule has 0 aliphatic heterocycles. The average Bonchev–Trinajstić information content (AvgIpc) is 3.06. The molecule has 7 heteroatoms. The molecule has 0 aliphatic rings. The third kappa shape index (κ3) is 3.60. The molecule has 1 aromatic carbocycles. The van der Waals surface area contributed by atoms with Crippen LogP contribution in [0, 0.1) is 0 Å². The van der Waals surface area contributed by atoms with Gasteiger partial charge < -0.3 is 9.84 Å². The lowest BCUT2D eigenvalue weighted by Crippen LogP contribution is -2.33. The van der Waals surface area contributed by atoms with Crippen LogP contribution in [0.5, 0.6) is 0 Å². The molecule has 0 radical (unpaired) electrons. The van der Waals surface area contributed by atoms with Crippen LogP contribution in [-0.4, -0.2) is 26.7 Å². The Bertz CT molecular complexity index is 930. The maximum Gasteiger partial charge on any atom is 0.266 e. The van der Waals surface area contributed by atoms with Crippen molar-refractivity contribution in [3.05, 3.63) is 47.0 Å². The zero-order valence-electron chi connectivity index (χ0n) is 14.2. The van der Waals surface area contributed by atoms with Crippen LogP contribution in [0.25, 0.3) is 22.4 Å². The number of aryl methyl sites for hydroxylation is 1. The second kappa shape index (κ2) is 7.29. The molecular formula is C18H20N4O3. The quantitative estimate of drug-likeness (QED) is 0.744. The number of fused-ring (bicyclic) bond motifs is 1. The highest BCUT2D eigenvalue weighted by Crippen LogP contribution is 2.23. The van der Waals surface area contributed by atoms with Crippen molar-refractivity contribution in [3.8, 4) is 11.3 Å². The fourth-order valence-electron chi connectivity index (χ4n) is 2.50. The van der Waals surface area contributed by atoms with E-state index in [1.165, 1.54) is 10.9 Å². The van der Waals surface area contributed by atoms with Crippen molar-refractivity contribution in [2.75, 3.05) is 0 Å². The molecule has 1 atom stereocenters. The molecule has 0 bridgehead atoms. The lowest BCUT2D eigenvalue weighted by Gasteiger charge is -2.11. The summed E-state index contributed by atoms with van der Waals surface area (Å²) in [5, 5.41) is 7.20. The summed E-state index contributed by atoms with van der Waals surface area (Å²) in [5.41, 5.74) is 1.18. The van der Waals surface area contributed by atoms with E-state index >= 15 is 0 Å². The first kappa shape index (κ1) is 16.9. The largest absolute Gasteiger partial charge is 0.354 e. The van der Waals surface area contributed by atoms with Crippen LogP contribution in [0.15, 0.2) is 46.0 Å². The number of carbonyl (C=O) groups excluding carboxylic acids is 1. The van der Waals surface area contributed by atoms with Crippen molar-refractivity contribution in [3.63, 3.8) is 0 Å². The van der Waals surface area contributed by atoms with Crippen molar-refractivity contribution in [2.24, 2.45) is 0 Å². The number of hydrogen-bond donors (Lipinski definition) is 1. The normalized spacial score (nSPS) is 12.2. The highest BCUT2D eigenvalue weighted by Gasteiger charge is 2.17. The van der Waals surface area contributed by atoms with Crippen molar-refractivity contribution >= 4 is 17.0 Å². The van der Waals surface area contributed by atoms with Gasteiger partial charge in [0, 0.05) is 24.6 Å². The fraction of sp³-hybridized carbons (Fsp3) is 0.333. The molecule has 2 aromatic heterocycles. The molecule has 1 amide bonds. The Kier molecular flexibility index (Phi) is 4.92. The number of nitrogens with one attached hydrogen (secondary N) is 1. The van der Waals surface area contributed by atoms with Crippen LogP contribution in [0.2, 0.25) is 0 Å². The van der Waals surface area contributed by atoms with E-state index in [4.69, 9.17) is 4.52 Å². The van der Waals surface area contributed by atoms with Gasteiger partial charge in [0.1, 0.15) is 17.4 Å². The first-order chi connectivity index (χ1) is 12.1. The molecule has 25 heavy (non-hydrogen) atoms. The minimum Gasteiger partial charge on any atom is -0.354 e. The third-order valence-corrected chi connectivity index (χ3v) is 4.11. The molecule has 130 valence electrons. The molecule has 2 heterocycles. The van der Waals surface area contributed by atoms with Crippen molar-refractivity contribution in [2.45, 2.75) is 39.3 Å². The van der Waals surface area contributed by atoms with Crippen LogP contribution in [0.4, 0.5) is 0 Å². The molecular weight excluding hydrogens is 320 g/mol. The zero-order chi connectivity index (χ0) is 17.8. The van der Waals surface area contributed by atoms with Gasteiger partial charge in [0.05, 0.1) is 0 Å². The maximum atomic E-state index is 12.8. The average molecular weight is 340 g/mol. The SMILES string of the molecule is CCC(C)NC(=O)CCn1cnc2onc(-c3ccccc3)c2c1=O. The van der Waals surface area contributed by atoms with Crippen LogP contribution in [0.3, 0.4) is 0 Å². The van der Waals surface area contributed by atoms with E-state index in [9.17, 15) is 9.59 Å². The van der Waals surface area contributed by atoms with Crippen molar-refractivity contribution in [1.29, 1.82) is 0 Å². The summed E-state index contributed by atoms with van der Waals surface area (Å²) in [6.45, 7) is 4.20. The van der Waals surface area contributed by atoms with E-state index in [2.05, 4.69) is 15.5 Å². The minimum atomic E-state index is -0.263. The molecule has 0 fully saturated rings. The van der Waals surface area contributed by atoms with E-state index in [0.717, 1.165) is 12.0 Å². The van der Waals surface area contributed by atoms with Crippen molar-refractivity contribution in [1.82, 2.24) is 20.0 Å². The van der Waals surface area contributed by atoms with E-state index < -0.39 is 0 Å². The number of hydrogen-bond acceptors (Lipinski definition) is 5. The molecule has 7 nitrogen and oxygen atoms in total. The number of benzene rings is 1. The maximum absolute atomic E-state index is 12.8. The van der Waals surface area contributed by atoms with Gasteiger partial charge >= 0.3 is 0 Å². The van der Waals surface area contributed by atoms with Crippen LogP contribution < -0.4 is 10.9 Å². The van der Waals surface area contributed by atoms with Gasteiger partial charge in [0.15, 0.2) is 0 Å². The summed E-state index contributed by atoms with van der Waals surface area (Å²) in [6.07, 6.45) is 2.46. The van der Waals surface area contributed by atoms with E-state index in [1.54, 1.807) is 0 Å². The standard InChI is InChI=1S/C18H20N4O3/c1-3-12(2)20-14(23)9-10-22-11-19-17-15(18(22)24)16(21-25-17)13-7-5-4-6-8-13/h4-8,11-12H,3,9-10H2,1-2H3,(H,20,23). The Morgan fingerprint density at radius 3 is 2.80 bits per heavy atom. The number of rotatable bonds is 6. The topological polar surface area (TPSA) is 90.0 Å². The Hall–Kier alpha value is -2.96. The van der Waals surface area contributed by atoms with Crippen LogP contribution >= 0.6 is 0 Å². The summed E-state index contributed by atoms with van der Waals surface area (Å²) in [5.74, 6) is -0.0880. The smallest absolute Gasteiger partial charge is 0.266 e. The van der Waals surface area contributed by atoms with Gasteiger partial charge in [-0.3, -0.25) is 14.2 Å². The predicted molar refractivity (Wildman–Crippen MR) is 94.0 cm³/mol. The highest BCUT2D eigenvalue weighted by atomic mass is 16.5. The summed E-state index contributed by atoms with van der Waals surface area (Å²) in [6, 6.07) is 9.45. The van der Waals surface area contributed by atoms with Gasteiger partial charge in [-0.25, -0.2) is 4.98 Å². The molecule has 1 N–H and O–H groups in total. The lowest BCUT2D eigenvalue weighted by molar-refractivity contribution is -0.121. The fourth-order valence-corrected chi connectivity index (χ4v) is 2.50. The molecule has 0 aliphatic carbocycles. The lowest BCUT2D eigenvalue weighted by atomic mass is 10.1. The molecule has 0 saturated carbocycles. The number of aromatic nitrogens is 3. The molecule has 3 aromatic rings. The molecule has 0 saturated heterocycles. The summed E-state index contributed by atoms with van der Waals surface area (Å²) in [7, 11) is 0. The minimum absolute atomic E-state index is 0.0880. The van der Waals surface area contributed by atoms with Gasteiger partial charge in [-0.15, -0.1) is 0 Å². The van der Waals surface area contributed by atoms with Gasteiger partial charge in [-0.1, -0.05) is 42.4 Å². The highest BCUT2D eigenvalue weighted by molar-refractivity contribution is 5.88. The first-order valence-corrected chi connectivity index (χ1v) is 8.29. The van der Waals surface area contributed by atoms with Crippen LogP contribution in [-0.2, 0) is 11.3 Å². The molecule has 0 spiro atoms. The van der Waals surface area contributed by atoms with Crippen LogP contribution in [0.1, 0.15) is 26.7 Å². The zero-order valence-corrected chi connectivity index (χ0v) is 14.2. The third-order valence-electron chi connectivity index (χ3n) is 4.11.